The van der Waals surface area contributed by atoms with Crippen molar-refractivity contribution in [2.24, 2.45) is 0 Å². The highest BCUT2D eigenvalue weighted by atomic mass is 32.1. The van der Waals surface area contributed by atoms with E-state index in [1.165, 1.54) is 0 Å². The molecular formula is C5H9NS2. The number of likely N-dealkylation sites (N-methyl/N-ethyl adjacent to an activating group) is 1. The van der Waals surface area contributed by atoms with E-state index in [-0.39, 0.29) is 0 Å². The lowest BCUT2D eigenvalue weighted by molar-refractivity contribution is 0.986. The van der Waals surface area contributed by atoms with E-state index in [2.05, 4.69) is 24.5 Å². The van der Waals surface area contributed by atoms with Crippen molar-refractivity contribution >= 4 is 29.8 Å². The second kappa shape index (κ2) is 3.92. The highest BCUT2D eigenvalue weighted by molar-refractivity contribution is 7.89. The largest absolute Gasteiger partial charge is 0.376 e. The highest BCUT2D eigenvalue weighted by Crippen LogP contribution is 1.95. The first-order valence-corrected chi connectivity index (χ1v) is 3.20. The molecule has 0 aromatic carbocycles. The molecule has 0 aromatic rings. The molecule has 0 aliphatic heterocycles. The molecule has 0 aliphatic rings. The van der Waals surface area contributed by atoms with E-state index in [0.29, 0.717) is 9.89 Å². The molecule has 0 spiro atoms. The van der Waals surface area contributed by atoms with Gasteiger partial charge in [-0.1, -0.05) is 18.8 Å². The molecule has 0 amide bonds. The van der Waals surface area contributed by atoms with Crippen LogP contribution >= 0.6 is 24.8 Å². The van der Waals surface area contributed by atoms with E-state index in [4.69, 9.17) is 12.2 Å². The van der Waals surface area contributed by atoms with Crippen LogP contribution in [0, 0.1) is 0 Å². The van der Waals surface area contributed by atoms with Crippen molar-refractivity contribution in [3.05, 3.63) is 11.5 Å². The number of rotatable bonds is 2. The average molecular weight is 147 g/mol. The van der Waals surface area contributed by atoms with Crippen LogP contribution in [-0.2, 0) is 0 Å². The van der Waals surface area contributed by atoms with E-state index in [0.717, 1.165) is 6.54 Å². The van der Waals surface area contributed by atoms with E-state index >= 15 is 0 Å². The van der Waals surface area contributed by atoms with Gasteiger partial charge >= 0.3 is 0 Å². The van der Waals surface area contributed by atoms with Crippen molar-refractivity contribution < 1.29 is 0 Å². The van der Waals surface area contributed by atoms with Crippen molar-refractivity contribution in [3.63, 3.8) is 0 Å². The summed E-state index contributed by atoms with van der Waals surface area (Å²) < 4.78 is 0. The van der Waals surface area contributed by atoms with E-state index in [1.807, 2.05) is 6.92 Å². The van der Waals surface area contributed by atoms with Crippen molar-refractivity contribution in [1.29, 1.82) is 0 Å². The van der Waals surface area contributed by atoms with Crippen LogP contribution in [0.25, 0.3) is 0 Å². The smallest absolute Gasteiger partial charge is 0.112 e. The summed E-state index contributed by atoms with van der Waals surface area (Å²) in [5, 5.41) is 2.90. The summed E-state index contributed by atoms with van der Waals surface area (Å²) in [6, 6.07) is 0. The summed E-state index contributed by atoms with van der Waals surface area (Å²) in [5.41, 5.74) is 0. The molecule has 8 heavy (non-hydrogen) atoms. The fourth-order valence-electron chi connectivity index (χ4n) is 0.263. The van der Waals surface area contributed by atoms with Crippen LogP contribution in [0.4, 0.5) is 0 Å². The maximum atomic E-state index is 4.79. The Labute approximate surface area is 60.6 Å². The Bertz CT molecular complexity index is 109. The Morgan fingerprint density at radius 2 is 2.38 bits per heavy atom. The molecule has 0 saturated heterocycles. The zero-order valence-corrected chi connectivity index (χ0v) is 6.48. The standard InChI is InChI=1S/C5H9NS2/c1-3-6-5(8)4(2)7/h7H,2-3H2,1H3,(H,6,8). The Kier molecular flexibility index (Phi) is 3.91. The molecule has 0 fully saturated rings. The third-order valence-corrected chi connectivity index (χ3v) is 1.37. The Morgan fingerprint density at radius 1 is 1.88 bits per heavy atom. The highest BCUT2D eigenvalue weighted by Gasteiger charge is 1.90. The maximum absolute atomic E-state index is 4.79. The Hall–Kier alpha value is -0.0200. The molecule has 1 nitrogen and oxygen atoms in total. The van der Waals surface area contributed by atoms with Crippen LogP contribution in [-0.4, -0.2) is 11.5 Å². The average Bonchev–Trinajstić information content (AvgIpc) is 1.67. The van der Waals surface area contributed by atoms with Crippen LogP contribution in [0.15, 0.2) is 11.5 Å². The summed E-state index contributed by atoms with van der Waals surface area (Å²) in [4.78, 5) is 1.26. The summed E-state index contributed by atoms with van der Waals surface area (Å²) in [6.07, 6.45) is 0. The number of thiocarbonyl (C=S) groups is 1. The Morgan fingerprint density at radius 3 is 2.50 bits per heavy atom. The third-order valence-electron chi connectivity index (χ3n) is 0.599. The van der Waals surface area contributed by atoms with Crippen LogP contribution in [0.5, 0.6) is 0 Å². The minimum absolute atomic E-state index is 0.627. The summed E-state index contributed by atoms with van der Waals surface area (Å²) in [6.45, 7) is 6.34. The van der Waals surface area contributed by atoms with Crippen LogP contribution in [0.2, 0.25) is 0 Å². The molecule has 0 atom stereocenters. The first kappa shape index (κ1) is 7.98. The van der Waals surface area contributed by atoms with Crippen molar-refractivity contribution in [2.75, 3.05) is 6.54 Å². The topological polar surface area (TPSA) is 12.0 Å². The van der Waals surface area contributed by atoms with Gasteiger partial charge in [0.2, 0.25) is 0 Å². The van der Waals surface area contributed by atoms with Crippen LogP contribution in [0.3, 0.4) is 0 Å². The quantitative estimate of drug-likeness (QED) is 0.347. The molecule has 0 unspecified atom stereocenters. The molecule has 0 aliphatic carbocycles. The summed E-state index contributed by atoms with van der Waals surface area (Å²) in [5.74, 6) is 0. The van der Waals surface area contributed by atoms with Crippen molar-refractivity contribution in [2.45, 2.75) is 6.92 Å². The lowest BCUT2D eigenvalue weighted by atomic mass is 10.6. The van der Waals surface area contributed by atoms with Gasteiger partial charge in [-0.15, -0.1) is 12.6 Å². The van der Waals surface area contributed by atoms with Gasteiger partial charge in [-0.2, -0.15) is 0 Å². The lowest BCUT2D eigenvalue weighted by Gasteiger charge is -2.00. The van der Waals surface area contributed by atoms with Gasteiger partial charge in [0.05, 0.1) is 0 Å². The number of nitrogens with one attached hydrogen (secondary N) is 1. The van der Waals surface area contributed by atoms with Gasteiger partial charge in [0, 0.05) is 11.4 Å². The monoisotopic (exact) mass is 147 g/mol. The fourth-order valence-corrected chi connectivity index (χ4v) is 0.486. The molecular weight excluding hydrogens is 138 g/mol. The SMILES string of the molecule is C=C(S)C(=S)NCC. The zero-order valence-electron chi connectivity index (χ0n) is 4.77. The van der Waals surface area contributed by atoms with Gasteiger partial charge in [0.15, 0.2) is 0 Å². The van der Waals surface area contributed by atoms with Gasteiger partial charge in [-0.3, -0.25) is 0 Å². The maximum Gasteiger partial charge on any atom is 0.112 e. The number of thiol groups is 1. The van der Waals surface area contributed by atoms with Crippen LogP contribution in [0.1, 0.15) is 6.92 Å². The van der Waals surface area contributed by atoms with Crippen molar-refractivity contribution in [1.82, 2.24) is 5.32 Å². The van der Waals surface area contributed by atoms with E-state index in [9.17, 15) is 0 Å². The van der Waals surface area contributed by atoms with Crippen molar-refractivity contribution in [3.8, 4) is 0 Å². The minimum atomic E-state index is 0.627. The molecule has 0 saturated carbocycles. The Balaban J connectivity index is 3.49. The zero-order chi connectivity index (χ0) is 6.57. The van der Waals surface area contributed by atoms with Gasteiger partial charge < -0.3 is 5.32 Å². The summed E-state index contributed by atoms with van der Waals surface area (Å²) >= 11 is 8.72. The summed E-state index contributed by atoms with van der Waals surface area (Å²) in [7, 11) is 0. The first-order valence-electron chi connectivity index (χ1n) is 2.34. The van der Waals surface area contributed by atoms with Gasteiger partial charge in [0.25, 0.3) is 0 Å². The molecule has 0 bridgehead atoms. The number of hydrogen-bond donors (Lipinski definition) is 2. The molecule has 46 valence electrons. The van der Waals surface area contributed by atoms with Gasteiger partial charge in [0.1, 0.15) is 4.99 Å². The fraction of sp³-hybridized carbons (Fsp3) is 0.400. The lowest BCUT2D eigenvalue weighted by Crippen LogP contribution is -2.19. The first-order chi connectivity index (χ1) is 3.68. The minimum Gasteiger partial charge on any atom is -0.376 e. The molecule has 0 heterocycles. The van der Waals surface area contributed by atoms with Crippen LogP contribution < -0.4 is 5.32 Å². The molecule has 0 radical (unpaired) electrons. The number of hydrogen-bond acceptors (Lipinski definition) is 2. The molecule has 1 N–H and O–H groups in total. The van der Waals surface area contributed by atoms with E-state index in [1.54, 1.807) is 0 Å². The predicted molar refractivity (Wildman–Crippen MR) is 44.4 cm³/mol. The molecule has 0 aromatic heterocycles. The molecule has 0 rings (SSSR count). The second-order valence-electron chi connectivity index (χ2n) is 1.31. The third kappa shape index (κ3) is 3.04. The predicted octanol–water partition coefficient (Wildman–Crippen LogP) is 1.37. The molecule has 3 heteroatoms. The second-order valence-corrected chi connectivity index (χ2v) is 2.25. The van der Waals surface area contributed by atoms with Gasteiger partial charge in [-0.05, 0) is 6.92 Å². The normalized spacial score (nSPS) is 8.25. The van der Waals surface area contributed by atoms with E-state index < -0.39 is 0 Å². The van der Waals surface area contributed by atoms with Gasteiger partial charge in [-0.25, -0.2) is 0 Å².